The zero-order valence-corrected chi connectivity index (χ0v) is 14.5. The number of nitrogens with zero attached hydrogens (tertiary/aromatic N) is 2. The first kappa shape index (κ1) is 17.4. The Hall–Kier alpha value is -1.96. The number of rotatable bonds is 6. The fourth-order valence-electron chi connectivity index (χ4n) is 2.11. The molecular formula is C15H22N4O3S. The number of carbonyl (C=O) groups is 3. The molecule has 2 heterocycles. The highest BCUT2D eigenvalue weighted by atomic mass is 32.1. The summed E-state index contributed by atoms with van der Waals surface area (Å²) in [5.41, 5.74) is 0.758. The first-order chi connectivity index (χ1) is 10.8. The van der Waals surface area contributed by atoms with Gasteiger partial charge in [-0.3, -0.25) is 14.5 Å². The molecule has 0 bridgehead atoms. The molecule has 1 aromatic heterocycles. The molecule has 0 aliphatic carbocycles. The summed E-state index contributed by atoms with van der Waals surface area (Å²) in [6.07, 6.45) is 0.783. The van der Waals surface area contributed by atoms with E-state index >= 15 is 0 Å². The molecule has 0 saturated carbocycles. The molecule has 0 aromatic carbocycles. The summed E-state index contributed by atoms with van der Waals surface area (Å²) in [5, 5.41) is 8.17. The maximum absolute atomic E-state index is 11.9. The quantitative estimate of drug-likeness (QED) is 0.599. The van der Waals surface area contributed by atoms with Crippen LogP contribution in [0.25, 0.3) is 0 Å². The summed E-state index contributed by atoms with van der Waals surface area (Å²) in [6.45, 7) is 7.07. The zero-order chi connectivity index (χ0) is 17.0. The van der Waals surface area contributed by atoms with Crippen LogP contribution in [0.3, 0.4) is 0 Å². The highest BCUT2D eigenvalue weighted by Crippen LogP contribution is 2.25. The maximum atomic E-state index is 11.9. The van der Waals surface area contributed by atoms with Crippen molar-refractivity contribution < 1.29 is 14.4 Å². The predicted octanol–water partition coefficient (Wildman–Crippen LogP) is 1.04. The van der Waals surface area contributed by atoms with Crippen molar-refractivity contribution in [3.05, 3.63) is 16.1 Å². The van der Waals surface area contributed by atoms with Gasteiger partial charge in [0.2, 0.25) is 11.8 Å². The SMILES string of the molecule is CC(C)(C)c1nc(CC(=O)NCCCN2C(=O)CNC2=O)cs1. The van der Waals surface area contributed by atoms with Gasteiger partial charge in [-0.2, -0.15) is 0 Å². The van der Waals surface area contributed by atoms with E-state index in [2.05, 4.69) is 36.4 Å². The molecule has 0 spiro atoms. The van der Waals surface area contributed by atoms with Crippen molar-refractivity contribution in [2.24, 2.45) is 0 Å². The lowest BCUT2D eigenvalue weighted by Gasteiger charge is -2.13. The summed E-state index contributed by atoms with van der Waals surface area (Å²) in [6, 6.07) is -0.362. The second-order valence-electron chi connectivity index (χ2n) is 6.48. The van der Waals surface area contributed by atoms with E-state index in [1.165, 1.54) is 4.90 Å². The largest absolute Gasteiger partial charge is 0.356 e. The van der Waals surface area contributed by atoms with E-state index in [1.807, 2.05) is 5.38 Å². The molecule has 126 valence electrons. The Balaban J connectivity index is 1.70. The maximum Gasteiger partial charge on any atom is 0.324 e. The molecule has 0 atom stereocenters. The summed E-state index contributed by atoms with van der Waals surface area (Å²) < 4.78 is 0. The monoisotopic (exact) mass is 338 g/mol. The molecule has 1 saturated heterocycles. The second kappa shape index (κ2) is 7.08. The Bertz CT molecular complexity index is 590. The number of nitrogens with one attached hydrogen (secondary N) is 2. The Morgan fingerprint density at radius 2 is 2.17 bits per heavy atom. The molecule has 0 unspecified atom stereocenters. The van der Waals surface area contributed by atoms with Gasteiger partial charge in [-0.05, 0) is 6.42 Å². The molecule has 1 aliphatic heterocycles. The molecule has 2 rings (SSSR count). The summed E-state index contributed by atoms with van der Waals surface area (Å²) in [7, 11) is 0. The Labute approximate surface area is 139 Å². The van der Waals surface area contributed by atoms with E-state index in [-0.39, 0.29) is 36.2 Å². The molecule has 23 heavy (non-hydrogen) atoms. The lowest BCUT2D eigenvalue weighted by molar-refractivity contribution is -0.125. The van der Waals surface area contributed by atoms with Crippen LogP contribution in [0.4, 0.5) is 4.79 Å². The minimum Gasteiger partial charge on any atom is -0.356 e. The average Bonchev–Trinajstić information content (AvgIpc) is 3.04. The van der Waals surface area contributed by atoms with Gasteiger partial charge in [0.05, 0.1) is 23.7 Å². The fourth-order valence-corrected chi connectivity index (χ4v) is 3.01. The zero-order valence-electron chi connectivity index (χ0n) is 13.6. The van der Waals surface area contributed by atoms with Crippen LogP contribution in [-0.4, -0.2) is 47.4 Å². The number of amides is 4. The number of hydrogen-bond donors (Lipinski definition) is 2. The molecular weight excluding hydrogens is 316 g/mol. The highest BCUT2D eigenvalue weighted by Gasteiger charge is 2.27. The Kier molecular flexibility index (Phi) is 5.35. The first-order valence-corrected chi connectivity index (χ1v) is 8.45. The van der Waals surface area contributed by atoms with Crippen LogP contribution in [0.1, 0.15) is 37.9 Å². The average molecular weight is 338 g/mol. The standard InChI is InChI=1S/C15H22N4O3S/c1-15(2,3)13-18-10(9-23-13)7-11(20)16-5-4-6-19-12(21)8-17-14(19)22/h9H,4-8H2,1-3H3,(H,16,20)(H,17,22). The van der Waals surface area contributed by atoms with Crippen LogP contribution in [0.15, 0.2) is 5.38 Å². The molecule has 8 heteroatoms. The summed E-state index contributed by atoms with van der Waals surface area (Å²) in [4.78, 5) is 40.3. The van der Waals surface area contributed by atoms with E-state index in [0.29, 0.717) is 19.5 Å². The van der Waals surface area contributed by atoms with Crippen molar-refractivity contribution in [2.45, 2.75) is 39.0 Å². The Morgan fingerprint density at radius 1 is 1.43 bits per heavy atom. The van der Waals surface area contributed by atoms with Gasteiger partial charge >= 0.3 is 6.03 Å². The van der Waals surface area contributed by atoms with E-state index in [1.54, 1.807) is 11.3 Å². The van der Waals surface area contributed by atoms with Crippen molar-refractivity contribution in [3.8, 4) is 0 Å². The van der Waals surface area contributed by atoms with E-state index in [9.17, 15) is 14.4 Å². The minimum absolute atomic E-state index is 0.0117. The third-order valence-electron chi connectivity index (χ3n) is 3.35. The molecule has 1 fully saturated rings. The molecule has 1 aromatic rings. The van der Waals surface area contributed by atoms with Crippen LogP contribution >= 0.6 is 11.3 Å². The number of carbonyl (C=O) groups excluding carboxylic acids is 3. The van der Waals surface area contributed by atoms with Gasteiger partial charge in [0, 0.05) is 23.9 Å². The third-order valence-corrected chi connectivity index (χ3v) is 4.67. The van der Waals surface area contributed by atoms with Crippen LogP contribution in [0.5, 0.6) is 0 Å². The van der Waals surface area contributed by atoms with Gasteiger partial charge in [-0.15, -0.1) is 11.3 Å². The number of urea groups is 1. The smallest absolute Gasteiger partial charge is 0.324 e. The number of thiazole rings is 1. The van der Waals surface area contributed by atoms with Gasteiger partial charge < -0.3 is 10.6 Å². The second-order valence-corrected chi connectivity index (χ2v) is 7.34. The first-order valence-electron chi connectivity index (χ1n) is 7.57. The van der Waals surface area contributed by atoms with Crippen molar-refractivity contribution in [1.29, 1.82) is 0 Å². The molecule has 1 aliphatic rings. The van der Waals surface area contributed by atoms with E-state index < -0.39 is 0 Å². The molecule has 0 radical (unpaired) electrons. The Morgan fingerprint density at radius 3 is 2.74 bits per heavy atom. The number of imide groups is 1. The van der Waals surface area contributed by atoms with Crippen LogP contribution in [-0.2, 0) is 21.4 Å². The predicted molar refractivity (Wildman–Crippen MR) is 87.3 cm³/mol. The molecule has 2 N–H and O–H groups in total. The fraction of sp³-hybridized carbons (Fsp3) is 0.600. The molecule has 4 amide bonds. The lowest BCUT2D eigenvalue weighted by Crippen LogP contribution is -2.34. The van der Waals surface area contributed by atoms with E-state index in [4.69, 9.17) is 0 Å². The summed E-state index contributed by atoms with van der Waals surface area (Å²) in [5.74, 6) is -0.327. The van der Waals surface area contributed by atoms with Crippen molar-refractivity contribution >= 4 is 29.2 Å². The van der Waals surface area contributed by atoms with Crippen LogP contribution in [0, 0.1) is 0 Å². The van der Waals surface area contributed by atoms with Gasteiger partial charge in [-0.1, -0.05) is 20.8 Å². The third kappa shape index (κ3) is 4.75. The van der Waals surface area contributed by atoms with Crippen molar-refractivity contribution in [1.82, 2.24) is 20.5 Å². The number of hydrogen-bond acceptors (Lipinski definition) is 5. The van der Waals surface area contributed by atoms with Crippen LogP contribution in [0.2, 0.25) is 0 Å². The highest BCUT2D eigenvalue weighted by molar-refractivity contribution is 7.09. The van der Waals surface area contributed by atoms with Crippen LogP contribution < -0.4 is 10.6 Å². The van der Waals surface area contributed by atoms with Gasteiger partial charge in [0.25, 0.3) is 0 Å². The topological polar surface area (TPSA) is 91.4 Å². The van der Waals surface area contributed by atoms with E-state index in [0.717, 1.165) is 10.7 Å². The van der Waals surface area contributed by atoms with Gasteiger partial charge in [0.1, 0.15) is 0 Å². The number of aromatic nitrogens is 1. The summed E-state index contributed by atoms with van der Waals surface area (Å²) >= 11 is 1.56. The van der Waals surface area contributed by atoms with Gasteiger partial charge in [-0.25, -0.2) is 9.78 Å². The lowest BCUT2D eigenvalue weighted by atomic mass is 9.98. The van der Waals surface area contributed by atoms with Crippen molar-refractivity contribution in [3.63, 3.8) is 0 Å². The van der Waals surface area contributed by atoms with Gasteiger partial charge in [0.15, 0.2) is 0 Å². The minimum atomic E-state index is -0.362. The normalized spacial score (nSPS) is 15.0. The van der Waals surface area contributed by atoms with Crippen molar-refractivity contribution in [2.75, 3.05) is 19.6 Å². The molecule has 7 nitrogen and oxygen atoms in total.